The van der Waals surface area contributed by atoms with Gasteiger partial charge in [-0.3, -0.25) is 9.59 Å². The molecule has 7 nitrogen and oxygen atoms in total. The van der Waals surface area contributed by atoms with Gasteiger partial charge in [0.2, 0.25) is 5.91 Å². The number of nitrogens with zero attached hydrogens (tertiary/aromatic N) is 1. The summed E-state index contributed by atoms with van der Waals surface area (Å²) < 4.78 is 11.1. The molecule has 0 aliphatic carbocycles. The highest BCUT2D eigenvalue weighted by atomic mass is 32.2. The Labute approximate surface area is 174 Å². The third-order valence-electron chi connectivity index (χ3n) is 4.99. The Hall–Kier alpha value is -2.74. The molecule has 1 aliphatic heterocycles. The highest BCUT2D eigenvalue weighted by molar-refractivity contribution is 8.00. The zero-order chi connectivity index (χ0) is 21.1. The normalized spacial score (nSPS) is 13.7. The van der Waals surface area contributed by atoms with E-state index in [0.717, 1.165) is 22.4 Å². The Morgan fingerprint density at radius 2 is 1.86 bits per heavy atom. The lowest BCUT2D eigenvalue weighted by molar-refractivity contribution is -0.119. The first kappa shape index (κ1) is 21.0. The van der Waals surface area contributed by atoms with Crippen LogP contribution in [0.25, 0.3) is 0 Å². The average molecular weight is 416 g/mol. The van der Waals surface area contributed by atoms with Crippen LogP contribution in [-0.4, -0.2) is 35.8 Å². The van der Waals surface area contributed by atoms with Crippen LogP contribution in [0.15, 0.2) is 23.2 Å². The second-order valence-corrected chi connectivity index (χ2v) is 7.94. The summed E-state index contributed by atoms with van der Waals surface area (Å²) in [5, 5.41) is 3.45. The fourth-order valence-electron chi connectivity index (χ4n) is 3.14. The van der Waals surface area contributed by atoms with Crippen LogP contribution in [0.5, 0.6) is 11.5 Å². The molecule has 154 valence electrons. The molecule has 3 rings (SSSR count). The first-order valence-corrected chi connectivity index (χ1v) is 10.4. The Balaban J connectivity index is 1.67. The van der Waals surface area contributed by atoms with Gasteiger partial charge in [0.15, 0.2) is 11.5 Å². The van der Waals surface area contributed by atoms with Gasteiger partial charge in [0.05, 0.1) is 17.4 Å². The molecule has 1 aliphatic rings. The molecule has 1 unspecified atom stereocenters. The van der Waals surface area contributed by atoms with E-state index in [2.05, 4.69) is 10.3 Å². The number of fused-ring (bicyclic) bond motifs is 1. The minimum Gasteiger partial charge on any atom is -0.486 e. The third-order valence-corrected chi connectivity index (χ3v) is 5.97. The number of ether oxygens (including phenoxy) is 2. The van der Waals surface area contributed by atoms with E-state index in [9.17, 15) is 9.59 Å². The van der Waals surface area contributed by atoms with Crippen molar-refractivity contribution in [3.8, 4) is 11.5 Å². The van der Waals surface area contributed by atoms with Gasteiger partial charge in [-0.25, -0.2) is 4.98 Å². The molecule has 8 heteroatoms. The van der Waals surface area contributed by atoms with E-state index in [0.29, 0.717) is 35.3 Å². The van der Waals surface area contributed by atoms with Gasteiger partial charge in [-0.2, -0.15) is 0 Å². The molecule has 2 aromatic rings. The van der Waals surface area contributed by atoms with Gasteiger partial charge in [0.1, 0.15) is 18.2 Å². The van der Waals surface area contributed by atoms with Crippen LogP contribution in [0.3, 0.4) is 0 Å². The van der Waals surface area contributed by atoms with Crippen LogP contribution in [0.4, 0.5) is 0 Å². The van der Waals surface area contributed by atoms with Crippen molar-refractivity contribution in [2.75, 3.05) is 19.0 Å². The lowest BCUT2D eigenvalue weighted by atomic mass is 10.0. The Kier molecular flexibility index (Phi) is 6.32. The SMILES string of the molecule is Cc1nc(SCC(=O)NC(C)c2ccc3c(c2)OCCO3)c(C(N)=O)c(C)c1C. The summed E-state index contributed by atoms with van der Waals surface area (Å²) in [5.41, 5.74) is 9.39. The summed E-state index contributed by atoms with van der Waals surface area (Å²) >= 11 is 1.21. The number of amides is 2. The number of carbonyl (C=O) groups excluding carboxylic acids is 2. The van der Waals surface area contributed by atoms with Crippen LogP contribution in [0, 0.1) is 20.8 Å². The highest BCUT2D eigenvalue weighted by Gasteiger charge is 2.20. The lowest BCUT2D eigenvalue weighted by Crippen LogP contribution is -2.28. The molecule has 0 radical (unpaired) electrons. The molecule has 0 spiro atoms. The van der Waals surface area contributed by atoms with E-state index in [4.69, 9.17) is 15.2 Å². The topological polar surface area (TPSA) is 104 Å². The van der Waals surface area contributed by atoms with Gasteiger partial charge in [-0.05, 0) is 56.5 Å². The molecule has 29 heavy (non-hydrogen) atoms. The molecule has 1 atom stereocenters. The molecule has 2 amide bonds. The van der Waals surface area contributed by atoms with Crippen LogP contribution < -0.4 is 20.5 Å². The van der Waals surface area contributed by atoms with Gasteiger partial charge in [0, 0.05) is 5.69 Å². The number of hydrogen-bond acceptors (Lipinski definition) is 6. The van der Waals surface area contributed by atoms with Crippen LogP contribution in [-0.2, 0) is 4.79 Å². The van der Waals surface area contributed by atoms with Crippen molar-refractivity contribution in [2.24, 2.45) is 5.73 Å². The first-order valence-electron chi connectivity index (χ1n) is 9.37. The van der Waals surface area contributed by atoms with E-state index in [-0.39, 0.29) is 17.7 Å². The van der Waals surface area contributed by atoms with Crippen molar-refractivity contribution in [1.82, 2.24) is 10.3 Å². The number of aromatic nitrogens is 1. The van der Waals surface area contributed by atoms with Crippen LogP contribution >= 0.6 is 11.8 Å². The summed E-state index contributed by atoms with van der Waals surface area (Å²) in [6.07, 6.45) is 0. The molecular weight excluding hydrogens is 390 g/mol. The van der Waals surface area contributed by atoms with Crippen molar-refractivity contribution in [3.63, 3.8) is 0 Å². The number of pyridine rings is 1. The van der Waals surface area contributed by atoms with E-state index >= 15 is 0 Å². The molecule has 1 aromatic heterocycles. The average Bonchev–Trinajstić information content (AvgIpc) is 2.69. The fraction of sp³-hybridized carbons (Fsp3) is 0.381. The summed E-state index contributed by atoms with van der Waals surface area (Å²) in [5.74, 6) is 0.829. The van der Waals surface area contributed by atoms with Gasteiger partial charge >= 0.3 is 0 Å². The Morgan fingerprint density at radius 1 is 1.17 bits per heavy atom. The number of primary amides is 1. The second-order valence-electron chi connectivity index (χ2n) is 6.97. The van der Waals surface area contributed by atoms with Crippen molar-refractivity contribution in [3.05, 3.63) is 46.1 Å². The smallest absolute Gasteiger partial charge is 0.251 e. The van der Waals surface area contributed by atoms with Gasteiger partial charge < -0.3 is 20.5 Å². The van der Waals surface area contributed by atoms with Gasteiger partial charge in [-0.1, -0.05) is 17.8 Å². The number of aryl methyl sites for hydroxylation is 1. The standard InChI is InChI=1S/C21H25N3O4S/c1-11-12(2)19(20(22)26)21(24-13(11)3)29-10-18(25)23-14(4)15-5-6-16-17(9-15)28-8-7-27-16/h5-6,9,14H,7-8,10H2,1-4H3,(H2,22,26)(H,23,25). The Bertz CT molecular complexity index is 961. The second kappa shape index (κ2) is 8.73. The predicted molar refractivity (Wildman–Crippen MR) is 112 cm³/mol. The number of nitrogens with one attached hydrogen (secondary N) is 1. The molecular formula is C21H25N3O4S. The molecule has 1 aromatic carbocycles. The summed E-state index contributed by atoms with van der Waals surface area (Å²) in [7, 11) is 0. The Morgan fingerprint density at radius 3 is 2.55 bits per heavy atom. The molecule has 0 bridgehead atoms. The van der Waals surface area contributed by atoms with Crippen molar-refractivity contribution < 1.29 is 19.1 Å². The quantitative estimate of drug-likeness (QED) is 0.703. The number of rotatable bonds is 6. The number of hydrogen-bond donors (Lipinski definition) is 2. The third kappa shape index (κ3) is 4.64. The van der Waals surface area contributed by atoms with E-state index in [1.165, 1.54) is 11.8 Å². The highest BCUT2D eigenvalue weighted by Crippen LogP contribution is 2.32. The summed E-state index contributed by atoms with van der Waals surface area (Å²) in [4.78, 5) is 28.8. The molecule has 0 fully saturated rings. The van der Waals surface area contributed by atoms with Gasteiger partial charge in [-0.15, -0.1) is 0 Å². The van der Waals surface area contributed by atoms with E-state index < -0.39 is 5.91 Å². The lowest BCUT2D eigenvalue weighted by Gasteiger charge is -2.21. The van der Waals surface area contributed by atoms with Crippen LogP contribution in [0.2, 0.25) is 0 Å². The fourth-order valence-corrected chi connectivity index (χ4v) is 4.09. The largest absolute Gasteiger partial charge is 0.486 e. The molecule has 0 saturated heterocycles. The van der Waals surface area contributed by atoms with Gasteiger partial charge in [0.25, 0.3) is 5.91 Å². The summed E-state index contributed by atoms with van der Waals surface area (Å²) in [6, 6.07) is 5.43. The molecule has 3 N–H and O–H groups in total. The number of benzene rings is 1. The van der Waals surface area contributed by atoms with Crippen molar-refractivity contribution >= 4 is 23.6 Å². The van der Waals surface area contributed by atoms with Crippen LogP contribution in [0.1, 0.15) is 45.7 Å². The minimum absolute atomic E-state index is 0.129. The summed E-state index contributed by atoms with van der Waals surface area (Å²) in [6.45, 7) is 8.58. The zero-order valence-corrected chi connectivity index (χ0v) is 17.8. The van der Waals surface area contributed by atoms with Crippen molar-refractivity contribution in [2.45, 2.75) is 38.8 Å². The number of thioether (sulfide) groups is 1. The first-order chi connectivity index (χ1) is 13.8. The molecule has 2 heterocycles. The number of carbonyl (C=O) groups is 2. The maximum Gasteiger partial charge on any atom is 0.251 e. The monoisotopic (exact) mass is 415 g/mol. The minimum atomic E-state index is -0.536. The maximum atomic E-state index is 12.5. The zero-order valence-electron chi connectivity index (χ0n) is 17.0. The predicted octanol–water partition coefficient (Wildman–Crippen LogP) is 2.85. The maximum absolute atomic E-state index is 12.5. The van der Waals surface area contributed by atoms with E-state index in [1.807, 2.05) is 45.9 Å². The molecule has 0 saturated carbocycles. The van der Waals surface area contributed by atoms with Crippen molar-refractivity contribution in [1.29, 1.82) is 0 Å². The number of nitrogens with two attached hydrogens (primary N) is 1. The van der Waals surface area contributed by atoms with E-state index in [1.54, 1.807) is 0 Å².